The summed E-state index contributed by atoms with van der Waals surface area (Å²) in [6.07, 6.45) is 11.2. The molecule has 2 heterocycles. The minimum atomic E-state index is -3.55. The van der Waals surface area contributed by atoms with Crippen molar-refractivity contribution in [2.75, 3.05) is 13.1 Å². The Bertz CT molecular complexity index is 657. The average Bonchev–Trinajstić information content (AvgIpc) is 3.13. The molecular formula is C16H26N4O3S. The van der Waals surface area contributed by atoms with E-state index in [0.29, 0.717) is 13.1 Å². The van der Waals surface area contributed by atoms with Gasteiger partial charge in [-0.25, -0.2) is 13.4 Å². The molecule has 1 aliphatic carbocycles. The van der Waals surface area contributed by atoms with E-state index in [0.717, 1.165) is 51.4 Å². The first-order chi connectivity index (χ1) is 11.6. The molecule has 3 rings (SSSR count). The van der Waals surface area contributed by atoms with Crippen LogP contribution in [0.4, 0.5) is 0 Å². The van der Waals surface area contributed by atoms with E-state index in [1.165, 1.54) is 16.8 Å². The predicted molar refractivity (Wildman–Crippen MR) is 89.9 cm³/mol. The lowest BCUT2D eigenvalue weighted by molar-refractivity contribution is -0.122. The Morgan fingerprint density at radius 2 is 1.79 bits per heavy atom. The minimum Gasteiger partial charge on any atom is -0.352 e. The number of imidazole rings is 1. The fourth-order valence-corrected chi connectivity index (χ4v) is 4.94. The van der Waals surface area contributed by atoms with Crippen LogP contribution in [0.1, 0.15) is 51.4 Å². The van der Waals surface area contributed by atoms with Gasteiger partial charge in [0, 0.05) is 25.3 Å². The summed E-state index contributed by atoms with van der Waals surface area (Å²) in [6, 6.07) is 0.265. The van der Waals surface area contributed by atoms with Crippen molar-refractivity contribution in [3.8, 4) is 0 Å². The number of carbonyl (C=O) groups excluding carboxylic acids is 1. The molecule has 1 aromatic heterocycles. The van der Waals surface area contributed by atoms with Crippen LogP contribution >= 0.6 is 0 Å². The van der Waals surface area contributed by atoms with Crippen LogP contribution in [0.25, 0.3) is 0 Å². The molecule has 0 aromatic carbocycles. The van der Waals surface area contributed by atoms with Crippen molar-refractivity contribution in [3.05, 3.63) is 12.5 Å². The van der Waals surface area contributed by atoms with Crippen molar-refractivity contribution < 1.29 is 13.2 Å². The van der Waals surface area contributed by atoms with Crippen molar-refractivity contribution in [2.24, 2.45) is 0 Å². The van der Waals surface area contributed by atoms with Crippen LogP contribution in [0.15, 0.2) is 17.6 Å². The van der Waals surface area contributed by atoms with Gasteiger partial charge in [0.2, 0.25) is 5.91 Å². The SMILES string of the molecule is O=C(Cn1cnc(S(=O)(=O)N2CCCCCC2)c1)NC1CCCC1. The van der Waals surface area contributed by atoms with E-state index in [1.54, 1.807) is 4.57 Å². The summed E-state index contributed by atoms with van der Waals surface area (Å²) in [5, 5.41) is 3.04. The van der Waals surface area contributed by atoms with E-state index in [9.17, 15) is 13.2 Å². The first-order valence-corrected chi connectivity index (χ1v) is 10.3. The number of sulfonamides is 1. The van der Waals surface area contributed by atoms with E-state index < -0.39 is 10.0 Å². The molecule has 24 heavy (non-hydrogen) atoms. The van der Waals surface area contributed by atoms with Gasteiger partial charge in [-0.1, -0.05) is 25.7 Å². The highest BCUT2D eigenvalue weighted by Crippen LogP contribution is 2.19. The van der Waals surface area contributed by atoms with Gasteiger partial charge in [-0.3, -0.25) is 4.79 Å². The Kier molecular flexibility index (Phi) is 5.55. The number of aromatic nitrogens is 2. The standard InChI is InChI=1S/C16H26N4O3S/c21-15(18-14-7-3-4-8-14)11-19-12-16(17-13-19)24(22,23)20-9-5-1-2-6-10-20/h12-14H,1-11H2,(H,18,21). The topological polar surface area (TPSA) is 84.3 Å². The lowest BCUT2D eigenvalue weighted by Crippen LogP contribution is -2.35. The second-order valence-corrected chi connectivity index (χ2v) is 8.64. The molecule has 1 amide bonds. The quantitative estimate of drug-likeness (QED) is 0.868. The van der Waals surface area contributed by atoms with Gasteiger partial charge >= 0.3 is 0 Å². The maximum atomic E-state index is 12.7. The van der Waals surface area contributed by atoms with Crippen LogP contribution in [0, 0.1) is 0 Å². The Balaban J connectivity index is 1.62. The Morgan fingerprint density at radius 1 is 1.12 bits per heavy atom. The summed E-state index contributed by atoms with van der Waals surface area (Å²) >= 11 is 0. The zero-order chi connectivity index (χ0) is 17.0. The van der Waals surface area contributed by atoms with Crippen LogP contribution in [0.5, 0.6) is 0 Å². The van der Waals surface area contributed by atoms with E-state index in [1.807, 2.05) is 0 Å². The number of hydrogen-bond acceptors (Lipinski definition) is 4. The molecule has 2 fully saturated rings. The summed E-state index contributed by atoms with van der Waals surface area (Å²) in [5.74, 6) is -0.0852. The van der Waals surface area contributed by atoms with Gasteiger partial charge in [0.25, 0.3) is 10.0 Å². The molecule has 1 aromatic rings. The molecule has 0 atom stereocenters. The third kappa shape index (κ3) is 4.16. The molecule has 1 saturated heterocycles. The van der Waals surface area contributed by atoms with Gasteiger partial charge in [-0.05, 0) is 25.7 Å². The van der Waals surface area contributed by atoms with Gasteiger partial charge in [0.15, 0.2) is 5.03 Å². The fraction of sp³-hybridized carbons (Fsp3) is 0.750. The summed E-state index contributed by atoms with van der Waals surface area (Å²) < 4.78 is 28.4. The third-order valence-corrected chi connectivity index (χ3v) is 6.61. The molecule has 1 aliphatic heterocycles. The summed E-state index contributed by atoms with van der Waals surface area (Å²) in [6.45, 7) is 1.22. The highest BCUT2D eigenvalue weighted by atomic mass is 32.2. The molecule has 0 radical (unpaired) electrons. The Hall–Kier alpha value is -1.41. The summed E-state index contributed by atoms with van der Waals surface area (Å²) in [4.78, 5) is 16.1. The Labute approximate surface area is 143 Å². The lowest BCUT2D eigenvalue weighted by atomic mass is 10.2. The van der Waals surface area contributed by atoms with Gasteiger partial charge in [0.1, 0.15) is 6.54 Å². The number of rotatable bonds is 5. The normalized spacial score (nSPS) is 20.8. The molecule has 0 bridgehead atoms. The van der Waals surface area contributed by atoms with Crippen LogP contribution in [-0.4, -0.2) is 47.3 Å². The van der Waals surface area contributed by atoms with Gasteiger partial charge < -0.3 is 9.88 Å². The van der Waals surface area contributed by atoms with Crippen molar-refractivity contribution in [1.29, 1.82) is 0 Å². The largest absolute Gasteiger partial charge is 0.352 e. The van der Waals surface area contributed by atoms with Crippen molar-refractivity contribution in [2.45, 2.75) is 69.0 Å². The molecule has 1 N–H and O–H groups in total. The number of amides is 1. The molecule has 7 nitrogen and oxygen atoms in total. The number of carbonyl (C=O) groups is 1. The smallest absolute Gasteiger partial charge is 0.262 e. The number of nitrogens with zero attached hydrogens (tertiary/aromatic N) is 3. The van der Waals surface area contributed by atoms with Crippen LogP contribution in [0.2, 0.25) is 0 Å². The first kappa shape index (κ1) is 17.4. The minimum absolute atomic E-state index is 0.0399. The van der Waals surface area contributed by atoms with Gasteiger partial charge in [-0.2, -0.15) is 4.31 Å². The highest BCUT2D eigenvalue weighted by Gasteiger charge is 2.27. The van der Waals surface area contributed by atoms with E-state index in [-0.39, 0.29) is 23.5 Å². The van der Waals surface area contributed by atoms with Gasteiger partial charge in [-0.15, -0.1) is 0 Å². The maximum absolute atomic E-state index is 12.7. The molecule has 0 unspecified atom stereocenters. The van der Waals surface area contributed by atoms with Crippen molar-refractivity contribution in [1.82, 2.24) is 19.2 Å². The van der Waals surface area contributed by atoms with Crippen LogP contribution in [-0.2, 0) is 21.4 Å². The van der Waals surface area contributed by atoms with Crippen molar-refractivity contribution in [3.63, 3.8) is 0 Å². The molecule has 8 heteroatoms. The van der Waals surface area contributed by atoms with Crippen LogP contribution in [0.3, 0.4) is 0 Å². The maximum Gasteiger partial charge on any atom is 0.262 e. The zero-order valence-corrected chi connectivity index (χ0v) is 14.8. The van der Waals surface area contributed by atoms with E-state index in [4.69, 9.17) is 0 Å². The molecule has 2 aliphatic rings. The fourth-order valence-electron chi connectivity index (χ4n) is 3.48. The van der Waals surface area contributed by atoms with E-state index >= 15 is 0 Å². The Morgan fingerprint density at radius 3 is 2.46 bits per heavy atom. The van der Waals surface area contributed by atoms with Crippen LogP contribution < -0.4 is 5.32 Å². The van der Waals surface area contributed by atoms with E-state index in [2.05, 4.69) is 10.3 Å². The highest BCUT2D eigenvalue weighted by molar-refractivity contribution is 7.89. The zero-order valence-electron chi connectivity index (χ0n) is 14.0. The van der Waals surface area contributed by atoms with Crippen molar-refractivity contribution >= 4 is 15.9 Å². The molecular weight excluding hydrogens is 328 g/mol. The summed E-state index contributed by atoms with van der Waals surface area (Å²) in [7, 11) is -3.55. The number of hydrogen-bond donors (Lipinski definition) is 1. The second-order valence-electron chi connectivity index (χ2n) is 6.75. The predicted octanol–water partition coefficient (Wildman–Crippen LogP) is 1.51. The third-order valence-electron chi connectivity index (χ3n) is 4.83. The molecule has 1 saturated carbocycles. The summed E-state index contributed by atoms with van der Waals surface area (Å²) in [5.41, 5.74) is 0. The molecule has 134 valence electrons. The lowest BCUT2D eigenvalue weighted by Gasteiger charge is -2.18. The molecule has 0 spiro atoms. The average molecular weight is 354 g/mol. The van der Waals surface area contributed by atoms with Gasteiger partial charge in [0.05, 0.1) is 6.33 Å². The first-order valence-electron chi connectivity index (χ1n) is 8.87. The monoisotopic (exact) mass is 354 g/mol. The second kappa shape index (κ2) is 7.65. The number of nitrogens with one attached hydrogen (secondary N) is 1.